The van der Waals surface area contributed by atoms with Gasteiger partial charge in [0.05, 0.1) is 5.41 Å². The second-order valence-electron chi connectivity index (χ2n) is 6.68. The van der Waals surface area contributed by atoms with Crippen molar-refractivity contribution in [3.8, 4) is 0 Å². The molecular formula is C18H23NO4. The topological polar surface area (TPSA) is 66.8 Å². The molecule has 2 aliphatic rings. The van der Waals surface area contributed by atoms with Crippen molar-refractivity contribution in [2.45, 2.75) is 38.7 Å². The van der Waals surface area contributed by atoms with Gasteiger partial charge in [-0.2, -0.15) is 0 Å². The summed E-state index contributed by atoms with van der Waals surface area (Å²) >= 11 is 0. The molecule has 124 valence electrons. The number of rotatable bonds is 3. The molecule has 1 aliphatic carbocycles. The van der Waals surface area contributed by atoms with E-state index in [1.807, 2.05) is 30.3 Å². The Balaban J connectivity index is 1.65. The van der Waals surface area contributed by atoms with Gasteiger partial charge in [0.1, 0.15) is 6.61 Å². The molecule has 23 heavy (non-hydrogen) atoms. The van der Waals surface area contributed by atoms with Crippen LogP contribution in [0.2, 0.25) is 0 Å². The molecule has 0 radical (unpaired) electrons. The van der Waals surface area contributed by atoms with Crippen molar-refractivity contribution in [2.75, 3.05) is 13.1 Å². The van der Waals surface area contributed by atoms with Crippen molar-refractivity contribution in [3.05, 3.63) is 35.9 Å². The molecule has 1 saturated carbocycles. The van der Waals surface area contributed by atoms with Crippen LogP contribution in [-0.4, -0.2) is 35.2 Å². The number of aliphatic carboxylic acids is 1. The van der Waals surface area contributed by atoms with Gasteiger partial charge < -0.3 is 14.7 Å². The number of hydrogen-bond acceptors (Lipinski definition) is 3. The first kappa shape index (κ1) is 15.8. The highest BCUT2D eigenvalue weighted by Gasteiger charge is 2.53. The quantitative estimate of drug-likeness (QED) is 0.929. The molecule has 1 heterocycles. The lowest BCUT2D eigenvalue weighted by atomic mass is 9.74. The average molecular weight is 317 g/mol. The van der Waals surface area contributed by atoms with E-state index < -0.39 is 17.5 Å². The summed E-state index contributed by atoms with van der Waals surface area (Å²) in [6.45, 7) is 1.00. The fraction of sp³-hybridized carbons (Fsp3) is 0.556. The summed E-state index contributed by atoms with van der Waals surface area (Å²) < 4.78 is 5.37. The molecule has 1 saturated heterocycles. The first-order valence-electron chi connectivity index (χ1n) is 8.31. The summed E-state index contributed by atoms with van der Waals surface area (Å²) in [6, 6.07) is 9.52. The highest BCUT2D eigenvalue weighted by Crippen LogP contribution is 2.45. The van der Waals surface area contributed by atoms with Gasteiger partial charge in [-0.3, -0.25) is 4.79 Å². The van der Waals surface area contributed by atoms with Crippen molar-refractivity contribution >= 4 is 12.1 Å². The van der Waals surface area contributed by atoms with Gasteiger partial charge in [0.25, 0.3) is 0 Å². The van der Waals surface area contributed by atoms with E-state index in [1.54, 1.807) is 4.90 Å². The smallest absolute Gasteiger partial charge is 0.410 e. The third-order valence-electron chi connectivity index (χ3n) is 5.26. The van der Waals surface area contributed by atoms with Crippen LogP contribution in [0.25, 0.3) is 0 Å². The van der Waals surface area contributed by atoms with Crippen molar-refractivity contribution in [1.82, 2.24) is 4.90 Å². The van der Waals surface area contributed by atoms with Crippen molar-refractivity contribution in [3.63, 3.8) is 0 Å². The molecule has 0 aromatic heterocycles. The zero-order valence-electron chi connectivity index (χ0n) is 13.2. The van der Waals surface area contributed by atoms with Crippen LogP contribution in [-0.2, 0) is 16.1 Å². The van der Waals surface area contributed by atoms with E-state index >= 15 is 0 Å². The predicted octanol–water partition coefficient (Wildman–Crippen LogP) is 3.29. The van der Waals surface area contributed by atoms with Crippen LogP contribution in [0.1, 0.15) is 37.7 Å². The summed E-state index contributed by atoms with van der Waals surface area (Å²) in [5, 5.41) is 9.75. The van der Waals surface area contributed by atoms with Crippen molar-refractivity contribution in [2.24, 2.45) is 11.3 Å². The maximum absolute atomic E-state index is 12.3. The number of benzene rings is 1. The van der Waals surface area contributed by atoms with Crippen LogP contribution >= 0.6 is 0 Å². The molecule has 0 unspecified atom stereocenters. The largest absolute Gasteiger partial charge is 0.481 e. The maximum Gasteiger partial charge on any atom is 0.410 e. The second kappa shape index (κ2) is 6.60. The maximum atomic E-state index is 12.3. The highest BCUT2D eigenvalue weighted by atomic mass is 16.6. The Bertz CT molecular complexity index is 574. The fourth-order valence-corrected chi connectivity index (χ4v) is 3.93. The minimum atomic E-state index is -0.776. The van der Waals surface area contributed by atoms with Crippen LogP contribution in [0.15, 0.2) is 30.3 Å². The van der Waals surface area contributed by atoms with Crippen molar-refractivity contribution in [1.29, 1.82) is 0 Å². The lowest BCUT2D eigenvalue weighted by Crippen LogP contribution is -2.39. The van der Waals surface area contributed by atoms with E-state index in [2.05, 4.69) is 0 Å². The Morgan fingerprint density at radius 1 is 1.22 bits per heavy atom. The number of carboxylic acid groups (broad SMARTS) is 1. The molecular weight excluding hydrogens is 294 g/mol. The molecule has 0 bridgehead atoms. The van der Waals surface area contributed by atoms with E-state index in [1.165, 1.54) is 0 Å². The minimum Gasteiger partial charge on any atom is -0.481 e. The van der Waals surface area contributed by atoms with Crippen LogP contribution in [0, 0.1) is 11.3 Å². The Morgan fingerprint density at radius 2 is 2.00 bits per heavy atom. The fourth-order valence-electron chi connectivity index (χ4n) is 3.93. The average Bonchev–Trinajstić information content (AvgIpc) is 2.82. The number of nitrogens with zero attached hydrogens (tertiary/aromatic N) is 1. The van der Waals surface area contributed by atoms with Gasteiger partial charge >= 0.3 is 12.1 Å². The lowest BCUT2D eigenvalue weighted by Gasteiger charge is -2.27. The number of hydrogen-bond donors (Lipinski definition) is 1. The standard InChI is InChI=1S/C18H23NO4/c20-16(21)18-10-6-2-5-9-15(18)11-19(13-18)17(22)23-12-14-7-3-1-4-8-14/h1,3-4,7-8,15H,2,5-6,9-13H2,(H,20,21)/t15-,18-/m1/s1. The summed E-state index contributed by atoms with van der Waals surface area (Å²) in [7, 11) is 0. The molecule has 2 atom stereocenters. The van der Waals surface area contributed by atoms with Gasteiger partial charge in [0, 0.05) is 13.1 Å². The minimum absolute atomic E-state index is 0.0479. The summed E-state index contributed by atoms with van der Waals surface area (Å²) in [4.78, 5) is 25.8. The Morgan fingerprint density at radius 3 is 2.74 bits per heavy atom. The molecule has 1 aromatic rings. The number of carboxylic acids is 1. The van der Waals surface area contributed by atoms with Crippen LogP contribution in [0.4, 0.5) is 4.79 Å². The first-order chi connectivity index (χ1) is 11.1. The number of carbonyl (C=O) groups is 2. The van der Waals surface area contributed by atoms with Gasteiger partial charge in [0.2, 0.25) is 0 Å². The number of likely N-dealkylation sites (tertiary alicyclic amines) is 1. The van der Waals surface area contributed by atoms with Crippen molar-refractivity contribution < 1.29 is 19.4 Å². The van der Waals surface area contributed by atoms with E-state index in [9.17, 15) is 14.7 Å². The third kappa shape index (κ3) is 3.19. The van der Waals surface area contributed by atoms with E-state index in [0.29, 0.717) is 13.0 Å². The van der Waals surface area contributed by atoms with E-state index in [4.69, 9.17) is 4.74 Å². The molecule has 5 heteroatoms. The number of ether oxygens (including phenoxy) is 1. The molecule has 1 aliphatic heterocycles. The number of carbonyl (C=O) groups excluding carboxylic acids is 1. The molecule has 5 nitrogen and oxygen atoms in total. The lowest BCUT2D eigenvalue weighted by molar-refractivity contribution is -0.150. The highest BCUT2D eigenvalue weighted by molar-refractivity contribution is 5.78. The zero-order chi connectivity index (χ0) is 16.3. The van der Waals surface area contributed by atoms with E-state index in [0.717, 1.165) is 31.2 Å². The molecule has 2 fully saturated rings. The summed E-state index contributed by atoms with van der Waals surface area (Å²) in [5.74, 6) is -0.713. The number of fused-ring (bicyclic) bond motifs is 1. The molecule has 1 aromatic carbocycles. The molecule has 3 rings (SSSR count). The second-order valence-corrected chi connectivity index (χ2v) is 6.68. The van der Waals surface area contributed by atoms with Gasteiger partial charge in [0.15, 0.2) is 0 Å². The third-order valence-corrected chi connectivity index (χ3v) is 5.26. The number of amides is 1. The van der Waals surface area contributed by atoms with Gasteiger partial charge in [-0.15, -0.1) is 0 Å². The molecule has 1 amide bonds. The van der Waals surface area contributed by atoms with Crippen LogP contribution in [0.5, 0.6) is 0 Å². The van der Waals surface area contributed by atoms with Gasteiger partial charge in [-0.25, -0.2) is 4.79 Å². The predicted molar refractivity (Wildman–Crippen MR) is 84.8 cm³/mol. The normalized spacial score (nSPS) is 27.1. The molecule has 1 N–H and O–H groups in total. The SMILES string of the molecule is O=C(OCc1ccccc1)N1C[C@H]2CCCCC[C@@]2(C(=O)O)C1. The van der Waals surface area contributed by atoms with Gasteiger partial charge in [-0.05, 0) is 24.3 Å². The Hall–Kier alpha value is -2.04. The van der Waals surface area contributed by atoms with Crippen LogP contribution in [0.3, 0.4) is 0 Å². The van der Waals surface area contributed by atoms with Crippen LogP contribution < -0.4 is 0 Å². The van der Waals surface area contributed by atoms with E-state index in [-0.39, 0.29) is 19.1 Å². The summed E-state index contributed by atoms with van der Waals surface area (Å²) in [6.07, 6.45) is 4.21. The Kier molecular flexibility index (Phi) is 4.55. The molecule has 0 spiro atoms. The summed E-state index contributed by atoms with van der Waals surface area (Å²) in [5.41, 5.74) is 0.157. The monoisotopic (exact) mass is 317 g/mol. The first-order valence-corrected chi connectivity index (χ1v) is 8.31. The zero-order valence-corrected chi connectivity index (χ0v) is 13.2. The Labute approximate surface area is 136 Å². The van der Waals surface area contributed by atoms with Gasteiger partial charge in [-0.1, -0.05) is 49.6 Å².